The van der Waals surface area contributed by atoms with Crippen molar-refractivity contribution in [2.24, 2.45) is 0 Å². The minimum atomic E-state index is -0.538. The quantitative estimate of drug-likeness (QED) is 0.426. The van der Waals surface area contributed by atoms with Crippen LogP contribution in [0.2, 0.25) is 0 Å². The molecule has 1 fully saturated rings. The van der Waals surface area contributed by atoms with Crippen LogP contribution < -0.4 is 0 Å². The number of hydrogen-bond donors (Lipinski definition) is 0. The summed E-state index contributed by atoms with van der Waals surface area (Å²) in [5, 5.41) is 0. The molecule has 0 N–H and O–H groups in total. The summed E-state index contributed by atoms with van der Waals surface area (Å²) in [6, 6.07) is 12.8. The Kier molecular flexibility index (Phi) is 5.88. The topological polar surface area (TPSA) is 69.2 Å². The Labute approximate surface area is 176 Å². The second-order valence-corrected chi connectivity index (χ2v) is 8.05. The van der Waals surface area contributed by atoms with Gasteiger partial charge in [-0.3, -0.25) is 4.79 Å². The van der Waals surface area contributed by atoms with Crippen LogP contribution >= 0.6 is 0 Å². The van der Waals surface area contributed by atoms with E-state index in [1.54, 1.807) is 18.2 Å². The van der Waals surface area contributed by atoms with Gasteiger partial charge >= 0.3 is 5.97 Å². The van der Waals surface area contributed by atoms with Crippen molar-refractivity contribution in [3.8, 4) is 0 Å². The minimum Gasteiger partial charge on any atom is -0.454 e. The lowest BCUT2D eigenvalue weighted by molar-refractivity contribution is 0.0475. The number of fused-ring (bicyclic) bond motifs is 1. The van der Waals surface area contributed by atoms with Crippen LogP contribution in [-0.4, -0.2) is 28.3 Å². The number of nitrogens with zero attached hydrogens (tertiary/aromatic N) is 2. The predicted molar refractivity (Wildman–Crippen MR) is 116 cm³/mol. The van der Waals surface area contributed by atoms with Crippen molar-refractivity contribution in [2.45, 2.75) is 51.9 Å². The molecule has 0 atom stereocenters. The summed E-state index contributed by atoms with van der Waals surface area (Å²) in [7, 11) is 0. The number of hydrogen-bond acceptors (Lipinski definition) is 5. The van der Waals surface area contributed by atoms with E-state index in [1.165, 1.54) is 37.7 Å². The standard InChI is InChI=1S/C25H26N2O3/c1-16-17(2)27-23-14-21(12-13-22(23)26-16)25(29)30-15-24(28)20-10-8-19(9-11-20)18-6-4-3-5-7-18/h8-14,18H,3-7,15H2,1-2H3. The monoisotopic (exact) mass is 402 g/mol. The van der Waals surface area contributed by atoms with Crippen molar-refractivity contribution >= 4 is 22.8 Å². The first-order valence-electron chi connectivity index (χ1n) is 10.6. The number of esters is 1. The Morgan fingerprint density at radius 2 is 1.50 bits per heavy atom. The lowest BCUT2D eigenvalue weighted by atomic mass is 9.84. The van der Waals surface area contributed by atoms with E-state index in [1.807, 2.05) is 38.1 Å². The fraction of sp³-hybridized carbons (Fsp3) is 0.360. The molecule has 0 spiro atoms. The van der Waals surface area contributed by atoms with Gasteiger partial charge in [0.05, 0.1) is 28.0 Å². The number of Topliss-reactive ketones (excluding diaryl/α,β-unsaturated/α-hetero) is 1. The van der Waals surface area contributed by atoms with E-state index < -0.39 is 5.97 Å². The molecule has 0 saturated heterocycles. The Morgan fingerprint density at radius 1 is 0.867 bits per heavy atom. The second kappa shape index (κ2) is 8.74. The van der Waals surface area contributed by atoms with Gasteiger partial charge in [-0.05, 0) is 56.4 Å². The highest BCUT2D eigenvalue weighted by Gasteiger charge is 2.17. The van der Waals surface area contributed by atoms with Gasteiger partial charge in [-0.1, -0.05) is 43.5 Å². The van der Waals surface area contributed by atoms with Gasteiger partial charge in [-0.15, -0.1) is 0 Å². The summed E-state index contributed by atoms with van der Waals surface area (Å²) in [4.78, 5) is 33.8. The SMILES string of the molecule is Cc1nc2ccc(C(=O)OCC(=O)c3ccc(C4CCCCC4)cc3)cc2nc1C. The molecule has 1 aliphatic rings. The van der Waals surface area contributed by atoms with E-state index in [2.05, 4.69) is 9.97 Å². The molecule has 0 bridgehead atoms. The Morgan fingerprint density at radius 3 is 2.20 bits per heavy atom. The molecule has 5 nitrogen and oxygen atoms in total. The van der Waals surface area contributed by atoms with E-state index >= 15 is 0 Å². The summed E-state index contributed by atoms with van der Waals surface area (Å²) < 4.78 is 5.26. The number of aromatic nitrogens is 2. The fourth-order valence-corrected chi connectivity index (χ4v) is 4.03. The molecule has 0 amide bonds. The van der Waals surface area contributed by atoms with Crippen molar-refractivity contribution in [3.63, 3.8) is 0 Å². The molecule has 1 aliphatic carbocycles. The Hall–Kier alpha value is -3.08. The molecular weight excluding hydrogens is 376 g/mol. The van der Waals surface area contributed by atoms with Crippen LogP contribution in [0.15, 0.2) is 42.5 Å². The molecule has 5 heteroatoms. The molecule has 1 saturated carbocycles. The van der Waals surface area contributed by atoms with Crippen LogP contribution in [0.25, 0.3) is 11.0 Å². The maximum absolute atomic E-state index is 12.5. The van der Waals surface area contributed by atoms with Crippen LogP contribution in [0.5, 0.6) is 0 Å². The second-order valence-electron chi connectivity index (χ2n) is 8.05. The zero-order chi connectivity index (χ0) is 21.1. The van der Waals surface area contributed by atoms with Crippen LogP contribution in [0.3, 0.4) is 0 Å². The normalized spacial score (nSPS) is 14.6. The molecule has 30 heavy (non-hydrogen) atoms. The van der Waals surface area contributed by atoms with Gasteiger partial charge in [0.1, 0.15) is 0 Å². The van der Waals surface area contributed by atoms with Crippen molar-refractivity contribution in [3.05, 3.63) is 70.5 Å². The number of aryl methyl sites for hydroxylation is 2. The zero-order valence-corrected chi connectivity index (χ0v) is 17.5. The number of ether oxygens (including phenoxy) is 1. The van der Waals surface area contributed by atoms with Crippen molar-refractivity contribution in [2.75, 3.05) is 6.61 Å². The van der Waals surface area contributed by atoms with E-state index in [4.69, 9.17) is 4.74 Å². The minimum absolute atomic E-state index is 0.203. The molecule has 1 aromatic heterocycles. The fourth-order valence-electron chi connectivity index (χ4n) is 4.03. The highest BCUT2D eigenvalue weighted by atomic mass is 16.5. The van der Waals surface area contributed by atoms with E-state index in [0.717, 1.165) is 16.9 Å². The largest absolute Gasteiger partial charge is 0.454 e. The zero-order valence-electron chi connectivity index (χ0n) is 17.5. The molecular formula is C25H26N2O3. The van der Waals surface area contributed by atoms with E-state index in [-0.39, 0.29) is 12.4 Å². The molecule has 154 valence electrons. The van der Waals surface area contributed by atoms with Crippen molar-refractivity contribution in [1.29, 1.82) is 0 Å². The molecule has 4 rings (SSSR count). The van der Waals surface area contributed by atoms with Gasteiger partial charge in [0, 0.05) is 5.56 Å². The number of benzene rings is 2. The summed E-state index contributed by atoms with van der Waals surface area (Å²) in [6.07, 6.45) is 6.32. The Bertz CT molecular complexity index is 1080. The van der Waals surface area contributed by atoms with Crippen LogP contribution in [0.4, 0.5) is 0 Å². The summed E-state index contributed by atoms with van der Waals surface area (Å²) in [5.74, 6) is -0.140. The van der Waals surface area contributed by atoms with Gasteiger partial charge in [0.25, 0.3) is 0 Å². The number of carbonyl (C=O) groups excluding carboxylic acids is 2. The van der Waals surface area contributed by atoms with Gasteiger partial charge in [0.2, 0.25) is 0 Å². The van der Waals surface area contributed by atoms with Gasteiger partial charge in [-0.25, -0.2) is 14.8 Å². The van der Waals surface area contributed by atoms with Crippen molar-refractivity contribution < 1.29 is 14.3 Å². The maximum atomic E-state index is 12.5. The summed E-state index contributed by atoms with van der Waals surface area (Å²) in [6.45, 7) is 3.50. The third-order valence-electron chi connectivity index (χ3n) is 5.95. The van der Waals surface area contributed by atoms with Crippen molar-refractivity contribution in [1.82, 2.24) is 9.97 Å². The van der Waals surface area contributed by atoms with Gasteiger partial charge in [-0.2, -0.15) is 0 Å². The molecule has 0 aliphatic heterocycles. The number of rotatable bonds is 5. The maximum Gasteiger partial charge on any atom is 0.338 e. The highest BCUT2D eigenvalue weighted by Crippen LogP contribution is 2.32. The van der Waals surface area contributed by atoms with Crippen LogP contribution in [0, 0.1) is 13.8 Å². The van der Waals surface area contributed by atoms with E-state index in [9.17, 15) is 9.59 Å². The Balaban J connectivity index is 1.39. The average Bonchev–Trinajstić information content (AvgIpc) is 2.78. The predicted octanol–water partition coefficient (Wildman–Crippen LogP) is 5.33. The van der Waals surface area contributed by atoms with Gasteiger partial charge < -0.3 is 4.74 Å². The van der Waals surface area contributed by atoms with Gasteiger partial charge in [0.15, 0.2) is 12.4 Å². The summed E-state index contributed by atoms with van der Waals surface area (Å²) >= 11 is 0. The summed E-state index contributed by atoms with van der Waals surface area (Å²) in [5.41, 5.74) is 5.27. The molecule has 3 aromatic rings. The third-order valence-corrected chi connectivity index (χ3v) is 5.95. The molecule has 0 radical (unpaired) electrons. The highest BCUT2D eigenvalue weighted by molar-refractivity contribution is 6.00. The molecule has 0 unspecified atom stereocenters. The third kappa shape index (κ3) is 4.40. The lowest BCUT2D eigenvalue weighted by Gasteiger charge is -2.22. The first-order valence-corrected chi connectivity index (χ1v) is 10.6. The first kappa shape index (κ1) is 20.2. The number of carbonyl (C=O) groups is 2. The molecule has 2 aromatic carbocycles. The first-order chi connectivity index (χ1) is 14.5. The van der Waals surface area contributed by atoms with E-state index in [0.29, 0.717) is 22.6 Å². The number of ketones is 1. The smallest absolute Gasteiger partial charge is 0.338 e. The van der Waals surface area contributed by atoms with Crippen LogP contribution in [-0.2, 0) is 4.74 Å². The molecule has 1 heterocycles. The van der Waals surface area contributed by atoms with Crippen LogP contribution in [0.1, 0.15) is 75.7 Å². The average molecular weight is 402 g/mol. The lowest BCUT2D eigenvalue weighted by Crippen LogP contribution is -2.14.